The fourth-order valence-corrected chi connectivity index (χ4v) is 4.32. The second kappa shape index (κ2) is 8.47. The molecule has 160 valence electrons. The number of ether oxygens (including phenoxy) is 2. The summed E-state index contributed by atoms with van der Waals surface area (Å²) in [6, 6.07) is 7.54. The molecule has 1 amide bonds. The molecule has 30 heavy (non-hydrogen) atoms. The van der Waals surface area contributed by atoms with Crippen molar-refractivity contribution >= 4 is 28.5 Å². The lowest BCUT2D eigenvalue weighted by Crippen LogP contribution is -2.52. The monoisotopic (exact) mass is 413 g/mol. The SMILES string of the molecule is CCOC(=O)c1c(N2CCN(C(=O)C3CCCO3)CC2)c2ccccc2n(C)c1=O. The Balaban J connectivity index is 1.69. The predicted molar refractivity (Wildman–Crippen MR) is 113 cm³/mol. The minimum absolute atomic E-state index is 0.0339. The Bertz CT molecular complexity index is 1020. The van der Waals surface area contributed by atoms with Gasteiger partial charge in [0.1, 0.15) is 11.7 Å². The quantitative estimate of drug-likeness (QED) is 0.708. The van der Waals surface area contributed by atoms with E-state index in [0.29, 0.717) is 38.5 Å². The molecular weight excluding hydrogens is 386 g/mol. The standard InChI is InChI=1S/C22H27N3O5/c1-3-29-22(28)18-19(15-7-4-5-8-16(15)23(2)21(18)27)24-10-12-25(13-11-24)20(26)17-9-6-14-30-17/h4-5,7-8,17H,3,6,9-14H2,1-2H3. The lowest BCUT2D eigenvalue weighted by Gasteiger charge is -2.38. The summed E-state index contributed by atoms with van der Waals surface area (Å²) in [5, 5.41) is 0.821. The molecule has 1 atom stereocenters. The Morgan fingerprint density at radius 3 is 2.57 bits per heavy atom. The summed E-state index contributed by atoms with van der Waals surface area (Å²) in [7, 11) is 1.66. The first-order chi connectivity index (χ1) is 14.5. The van der Waals surface area contributed by atoms with Crippen molar-refractivity contribution in [2.75, 3.05) is 44.3 Å². The van der Waals surface area contributed by atoms with E-state index in [1.807, 2.05) is 34.1 Å². The largest absolute Gasteiger partial charge is 0.462 e. The summed E-state index contributed by atoms with van der Waals surface area (Å²) >= 11 is 0. The molecule has 0 radical (unpaired) electrons. The second-order valence-corrected chi connectivity index (χ2v) is 7.64. The molecule has 4 rings (SSSR count). The summed E-state index contributed by atoms with van der Waals surface area (Å²) < 4.78 is 12.2. The van der Waals surface area contributed by atoms with E-state index in [9.17, 15) is 14.4 Å². The maximum Gasteiger partial charge on any atom is 0.345 e. The van der Waals surface area contributed by atoms with Crippen molar-refractivity contribution in [1.82, 2.24) is 9.47 Å². The molecule has 3 heterocycles. The fraction of sp³-hybridized carbons (Fsp3) is 0.500. The number of para-hydroxylation sites is 1. The van der Waals surface area contributed by atoms with Crippen LogP contribution in [0.15, 0.2) is 29.1 Å². The van der Waals surface area contributed by atoms with E-state index < -0.39 is 5.97 Å². The third-order valence-electron chi connectivity index (χ3n) is 5.87. The Morgan fingerprint density at radius 2 is 1.90 bits per heavy atom. The van der Waals surface area contributed by atoms with E-state index in [0.717, 1.165) is 23.7 Å². The molecule has 2 saturated heterocycles. The minimum Gasteiger partial charge on any atom is -0.462 e. The van der Waals surface area contributed by atoms with E-state index in [4.69, 9.17) is 9.47 Å². The molecule has 2 fully saturated rings. The van der Waals surface area contributed by atoms with Crippen molar-refractivity contribution in [3.63, 3.8) is 0 Å². The van der Waals surface area contributed by atoms with Crippen LogP contribution in [0.25, 0.3) is 10.9 Å². The Hall–Kier alpha value is -2.87. The van der Waals surface area contributed by atoms with Gasteiger partial charge in [-0.1, -0.05) is 18.2 Å². The number of anilines is 1. The molecule has 0 bridgehead atoms. The van der Waals surface area contributed by atoms with Gasteiger partial charge in [0.2, 0.25) is 0 Å². The van der Waals surface area contributed by atoms with Crippen molar-refractivity contribution in [2.45, 2.75) is 25.9 Å². The third-order valence-corrected chi connectivity index (χ3v) is 5.87. The maximum absolute atomic E-state index is 13.1. The first-order valence-corrected chi connectivity index (χ1v) is 10.5. The maximum atomic E-state index is 13.1. The normalized spacial score (nSPS) is 19.3. The van der Waals surface area contributed by atoms with Crippen LogP contribution in [0.3, 0.4) is 0 Å². The topological polar surface area (TPSA) is 81.1 Å². The second-order valence-electron chi connectivity index (χ2n) is 7.64. The number of carbonyl (C=O) groups excluding carboxylic acids is 2. The van der Waals surface area contributed by atoms with Gasteiger partial charge in [0.05, 0.1) is 17.8 Å². The number of aryl methyl sites for hydroxylation is 1. The van der Waals surface area contributed by atoms with Crippen molar-refractivity contribution in [1.29, 1.82) is 0 Å². The van der Waals surface area contributed by atoms with Crippen LogP contribution in [0, 0.1) is 0 Å². The molecule has 2 aliphatic rings. The molecule has 2 aliphatic heterocycles. The predicted octanol–water partition coefficient (Wildman–Crippen LogP) is 1.54. The van der Waals surface area contributed by atoms with E-state index in [-0.39, 0.29) is 29.7 Å². The molecule has 0 saturated carbocycles. The first-order valence-electron chi connectivity index (χ1n) is 10.5. The average Bonchev–Trinajstić information content (AvgIpc) is 3.31. The van der Waals surface area contributed by atoms with Gasteiger partial charge in [-0.15, -0.1) is 0 Å². The lowest BCUT2D eigenvalue weighted by molar-refractivity contribution is -0.141. The van der Waals surface area contributed by atoms with E-state index in [2.05, 4.69) is 0 Å². The summed E-state index contributed by atoms with van der Waals surface area (Å²) in [4.78, 5) is 42.3. The molecule has 8 nitrogen and oxygen atoms in total. The zero-order valence-electron chi connectivity index (χ0n) is 17.4. The molecule has 8 heteroatoms. The van der Waals surface area contributed by atoms with Crippen LogP contribution in [0.1, 0.15) is 30.1 Å². The minimum atomic E-state index is -0.614. The fourth-order valence-electron chi connectivity index (χ4n) is 4.32. The number of carbonyl (C=O) groups is 2. The van der Waals surface area contributed by atoms with Crippen molar-refractivity contribution in [3.8, 4) is 0 Å². The van der Waals surface area contributed by atoms with Crippen LogP contribution in [0.2, 0.25) is 0 Å². The third kappa shape index (κ3) is 3.56. The number of hydrogen-bond donors (Lipinski definition) is 0. The van der Waals surface area contributed by atoms with Crippen LogP contribution >= 0.6 is 0 Å². The molecule has 2 aromatic rings. The summed E-state index contributed by atoms with van der Waals surface area (Å²) in [6.45, 7) is 4.65. The van der Waals surface area contributed by atoms with Gasteiger partial charge in [0, 0.05) is 45.2 Å². The van der Waals surface area contributed by atoms with Crippen LogP contribution < -0.4 is 10.5 Å². The zero-order valence-corrected chi connectivity index (χ0v) is 17.4. The Labute approximate surface area is 175 Å². The van der Waals surface area contributed by atoms with Gasteiger partial charge in [-0.05, 0) is 25.8 Å². The molecule has 1 unspecified atom stereocenters. The summed E-state index contributed by atoms with van der Waals surface area (Å²) in [5.41, 5.74) is 1.02. The Kier molecular flexibility index (Phi) is 5.76. The molecule has 0 spiro atoms. The highest BCUT2D eigenvalue weighted by molar-refractivity contribution is 6.05. The Morgan fingerprint density at radius 1 is 1.17 bits per heavy atom. The van der Waals surface area contributed by atoms with Gasteiger partial charge in [0.15, 0.2) is 0 Å². The number of esters is 1. The van der Waals surface area contributed by atoms with Crippen molar-refractivity contribution < 1.29 is 19.1 Å². The summed E-state index contributed by atoms with van der Waals surface area (Å²) in [6.07, 6.45) is 1.35. The van der Waals surface area contributed by atoms with Gasteiger partial charge in [-0.3, -0.25) is 9.59 Å². The number of pyridine rings is 1. The van der Waals surface area contributed by atoms with Crippen LogP contribution in [0.4, 0.5) is 5.69 Å². The molecule has 1 aromatic heterocycles. The van der Waals surface area contributed by atoms with Gasteiger partial charge in [-0.25, -0.2) is 4.79 Å². The smallest absolute Gasteiger partial charge is 0.345 e. The number of rotatable bonds is 4. The zero-order chi connectivity index (χ0) is 21.3. The molecular formula is C22H27N3O5. The average molecular weight is 413 g/mol. The van der Waals surface area contributed by atoms with Crippen LogP contribution in [-0.2, 0) is 21.3 Å². The number of benzene rings is 1. The highest BCUT2D eigenvalue weighted by Gasteiger charge is 2.33. The van der Waals surface area contributed by atoms with E-state index in [1.165, 1.54) is 4.57 Å². The molecule has 1 aromatic carbocycles. The van der Waals surface area contributed by atoms with Crippen LogP contribution in [0.5, 0.6) is 0 Å². The van der Waals surface area contributed by atoms with Gasteiger partial charge in [-0.2, -0.15) is 0 Å². The number of hydrogen-bond acceptors (Lipinski definition) is 6. The van der Waals surface area contributed by atoms with Gasteiger partial charge >= 0.3 is 5.97 Å². The van der Waals surface area contributed by atoms with Crippen LogP contribution in [-0.4, -0.2) is 66.8 Å². The van der Waals surface area contributed by atoms with Gasteiger partial charge < -0.3 is 23.8 Å². The number of piperazine rings is 1. The number of nitrogens with zero attached hydrogens (tertiary/aromatic N) is 3. The molecule has 0 aliphatic carbocycles. The van der Waals surface area contributed by atoms with E-state index >= 15 is 0 Å². The van der Waals surface area contributed by atoms with Gasteiger partial charge in [0.25, 0.3) is 11.5 Å². The van der Waals surface area contributed by atoms with Crippen molar-refractivity contribution in [3.05, 3.63) is 40.2 Å². The van der Waals surface area contributed by atoms with E-state index in [1.54, 1.807) is 14.0 Å². The lowest BCUT2D eigenvalue weighted by atomic mass is 10.1. The van der Waals surface area contributed by atoms with Crippen molar-refractivity contribution in [2.24, 2.45) is 7.05 Å². The number of fused-ring (bicyclic) bond motifs is 1. The molecule has 0 N–H and O–H groups in total. The highest BCUT2D eigenvalue weighted by atomic mass is 16.5. The number of amides is 1. The highest BCUT2D eigenvalue weighted by Crippen LogP contribution is 2.30. The first kappa shape index (κ1) is 20.4. The number of aromatic nitrogens is 1. The summed E-state index contributed by atoms with van der Waals surface area (Å²) in [5.74, 6) is -0.580.